The Labute approximate surface area is 127 Å². The molecule has 1 aromatic heterocycles. The monoisotopic (exact) mass is 300 g/mol. The van der Waals surface area contributed by atoms with Gasteiger partial charge in [0, 0.05) is 17.9 Å². The maximum atomic E-state index is 9.26. The molecule has 0 unspecified atom stereocenters. The van der Waals surface area contributed by atoms with Crippen LogP contribution in [0.3, 0.4) is 0 Å². The molecule has 0 bridgehead atoms. The highest BCUT2D eigenvalue weighted by Gasteiger charge is 2.16. The lowest BCUT2D eigenvalue weighted by Gasteiger charge is -2.08. The van der Waals surface area contributed by atoms with Crippen LogP contribution in [0.5, 0.6) is 0 Å². The van der Waals surface area contributed by atoms with Crippen LogP contribution >= 0.6 is 11.8 Å². The average Bonchev–Trinajstić information content (AvgIpc) is 2.74. The van der Waals surface area contributed by atoms with Crippen molar-refractivity contribution < 1.29 is 5.11 Å². The summed E-state index contributed by atoms with van der Waals surface area (Å²) < 4.78 is 2.17. The van der Waals surface area contributed by atoms with Crippen LogP contribution in [-0.2, 0) is 19.6 Å². The zero-order valence-corrected chi connectivity index (χ0v) is 12.4. The largest absolute Gasteiger partial charge is 0.392 e. The summed E-state index contributed by atoms with van der Waals surface area (Å²) in [5.41, 5.74) is 1.31. The third kappa shape index (κ3) is 2.94. The second kappa shape index (κ2) is 6.29. The SMILES string of the molecule is N#Cc1cc(CO)ccc1Sc1nnc2n1CCCCC2. The summed E-state index contributed by atoms with van der Waals surface area (Å²) in [5, 5.41) is 27.8. The summed E-state index contributed by atoms with van der Waals surface area (Å²) in [6.45, 7) is 0.890. The molecule has 0 saturated heterocycles. The molecule has 2 aromatic rings. The van der Waals surface area contributed by atoms with E-state index >= 15 is 0 Å². The van der Waals surface area contributed by atoms with E-state index in [1.807, 2.05) is 12.1 Å². The number of rotatable bonds is 3. The molecule has 5 nitrogen and oxygen atoms in total. The molecule has 0 fully saturated rings. The van der Waals surface area contributed by atoms with Gasteiger partial charge in [-0.3, -0.25) is 0 Å². The molecule has 2 heterocycles. The van der Waals surface area contributed by atoms with E-state index < -0.39 is 0 Å². The van der Waals surface area contributed by atoms with Gasteiger partial charge in [0.2, 0.25) is 0 Å². The summed E-state index contributed by atoms with van der Waals surface area (Å²) in [6, 6.07) is 7.61. The van der Waals surface area contributed by atoms with Gasteiger partial charge in [0.15, 0.2) is 5.16 Å². The van der Waals surface area contributed by atoms with E-state index in [-0.39, 0.29) is 6.61 Å². The highest BCUT2D eigenvalue weighted by molar-refractivity contribution is 7.99. The third-order valence-corrected chi connectivity index (χ3v) is 4.68. The number of fused-ring (bicyclic) bond motifs is 1. The number of aliphatic hydroxyl groups is 1. The minimum Gasteiger partial charge on any atom is -0.392 e. The van der Waals surface area contributed by atoms with Crippen molar-refractivity contribution in [2.45, 2.75) is 48.9 Å². The third-order valence-electron chi connectivity index (χ3n) is 3.62. The Balaban J connectivity index is 1.91. The zero-order valence-electron chi connectivity index (χ0n) is 11.6. The van der Waals surface area contributed by atoms with E-state index in [1.165, 1.54) is 18.2 Å². The molecule has 1 N–H and O–H groups in total. The van der Waals surface area contributed by atoms with Gasteiger partial charge in [-0.2, -0.15) is 5.26 Å². The lowest BCUT2D eigenvalue weighted by atomic mass is 10.1. The summed E-state index contributed by atoms with van der Waals surface area (Å²) >= 11 is 1.47. The number of hydrogen-bond donors (Lipinski definition) is 1. The van der Waals surface area contributed by atoms with Gasteiger partial charge in [0.05, 0.1) is 12.2 Å². The fourth-order valence-electron chi connectivity index (χ4n) is 2.48. The predicted molar refractivity (Wildman–Crippen MR) is 78.8 cm³/mol. The van der Waals surface area contributed by atoms with Crippen molar-refractivity contribution in [3.63, 3.8) is 0 Å². The van der Waals surface area contributed by atoms with Gasteiger partial charge < -0.3 is 9.67 Å². The highest BCUT2D eigenvalue weighted by Crippen LogP contribution is 2.31. The summed E-state index contributed by atoms with van der Waals surface area (Å²) in [6.07, 6.45) is 4.51. The van der Waals surface area contributed by atoms with Gasteiger partial charge in [-0.1, -0.05) is 12.5 Å². The number of benzene rings is 1. The van der Waals surface area contributed by atoms with Crippen LogP contribution in [0.2, 0.25) is 0 Å². The van der Waals surface area contributed by atoms with Crippen molar-refractivity contribution in [3.05, 3.63) is 35.2 Å². The Kier molecular flexibility index (Phi) is 4.23. The standard InChI is InChI=1S/C15H16N4OS/c16-9-12-8-11(10-20)5-6-13(12)21-15-18-17-14-4-2-1-3-7-19(14)15/h5-6,8,20H,1-4,7,10H2. The number of nitrogens with zero attached hydrogens (tertiary/aromatic N) is 4. The summed E-state index contributed by atoms with van der Waals surface area (Å²) in [4.78, 5) is 0.856. The molecule has 1 aliphatic rings. The maximum Gasteiger partial charge on any atom is 0.196 e. The number of aromatic nitrogens is 3. The van der Waals surface area contributed by atoms with Crippen LogP contribution < -0.4 is 0 Å². The zero-order chi connectivity index (χ0) is 14.7. The lowest BCUT2D eigenvalue weighted by molar-refractivity contribution is 0.281. The van der Waals surface area contributed by atoms with E-state index in [9.17, 15) is 5.26 Å². The smallest absolute Gasteiger partial charge is 0.196 e. The number of aryl methyl sites for hydroxylation is 1. The molecule has 0 saturated carbocycles. The molecule has 0 atom stereocenters. The molecule has 1 aromatic carbocycles. The van der Waals surface area contributed by atoms with Crippen LogP contribution in [0, 0.1) is 11.3 Å². The minimum atomic E-state index is -0.0556. The Bertz CT molecular complexity index is 689. The predicted octanol–water partition coefficient (Wildman–Crippen LogP) is 2.52. The summed E-state index contributed by atoms with van der Waals surface area (Å²) in [7, 11) is 0. The van der Waals surface area contributed by atoms with E-state index in [2.05, 4.69) is 20.8 Å². The second-order valence-electron chi connectivity index (χ2n) is 5.06. The number of nitriles is 1. The molecule has 0 amide bonds. The average molecular weight is 300 g/mol. The van der Waals surface area contributed by atoms with Gasteiger partial charge in [-0.25, -0.2) is 0 Å². The van der Waals surface area contributed by atoms with Crippen LogP contribution in [-0.4, -0.2) is 19.9 Å². The van der Waals surface area contributed by atoms with E-state index in [0.717, 1.165) is 47.2 Å². The van der Waals surface area contributed by atoms with Crippen LogP contribution in [0.4, 0.5) is 0 Å². The Morgan fingerprint density at radius 3 is 3.00 bits per heavy atom. The molecule has 21 heavy (non-hydrogen) atoms. The maximum absolute atomic E-state index is 9.26. The first-order chi connectivity index (χ1) is 10.3. The molecule has 0 radical (unpaired) electrons. The molecule has 6 heteroatoms. The van der Waals surface area contributed by atoms with Gasteiger partial charge >= 0.3 is 0 Å². The molecule has 1 aliphatic heterocycles. The lowest BCUT2D eigenvalue weighted by Crippen LogP contribution is -2.02. The van der Waals surface area contributed by atoms with Crippen molar-refractivity contribution in [1.29, 1.82) is 5.26 Å². The first-order valence-corrected chi connectivity index (χ1v) is 7.87. The minimum absolute atomic E-state index is 0.0556. The highest BCUT2D eigenvalue weighted by atomic mass is 32.2. The van der Waals surface area contributed by atoms with Crippen LogP contribution in [0.25, 0.3) is 0 Å². The molecule has 0 aliphatic carbocycles. The molecular formula is C15H16N4OS. The first kappa shape index (κ1) is 14.1. The van der Waals surface area contributed by atoms with Crippen molar-refractivity contribution in [2.75, 3.05) is 0 Å². The van der Waals surface area contributed by atoms with E-state index in [1.54, 1.807) is 6.07 Å². The quantitative estimate of drug-likeness (QED) is 0.942. The van der Waals surface area contributed by atoms with Crippen LogP contribution in [0.15, 0.2) is 28.3 Å². The van der Waals surface area contributed by atoms with Crippen LogP contribution in [0.1, 0.15) is 36.2 Å². The summed E-state index contributed by atoms with van der Waals surface area (Å²) in [5.74, 6) is 1.04. The second-order valence-corrected chi connectivity index (χ2v) is 6.07. The Morgan fingerprint density at radius 1 is 1.29 bits per heavy atom. The molecule has 108 valence electrons. The topological polar surface area (TPSA) is 74.7 Å². The molecule has 0 spiro atoms. The van der Waals surface area contributed by atoms with Crippen molar-refractivity contribution in [2.24, 2.45) is 0 Å². The van der Waals surface area contributed by atoms with Crippen molar-refractivity contribution >= 4 is 11.8 Å². The Hall–Kier alpha value is -1.84. The van der Waals surface area contributed by atoms with Gasteiger partial charge in [0.1, 0.15) is 11.9 Å². The Morgan fingerprint density at radius 2 is 2.19 bits per heavy atom. The van der Waals surface area contributed by atoms with Gasteiger partial charge in [-0.05, 0) is 42.3 Å². The van der Waals surface area contributed by atoms with Gasteiger partial charge in [-0.15, -0.1) is 10.2 Å². The molecular weight excluding hydrogens is 284 g/mol. The van der Waals surface area contributed by atoms with Crippen molar-refractivity contribution in [3.8, 4) is 6.07 Å². The molecule has 3 rings (SSSR count). The van der Waals surface area contributed by atoms with E-state index in [0.29, 0.717) is 5.56 Å². The van der Waals surface area contributed by atoms with E-state index in [4.69, 9.17) is 5.11 Å². The first-order valence-electron chi connectivity index (χ1n) is 7.05. The normalized spacial score (nSPS) is 14.3. The van der Waals surface area contributed by atoms with Gasteiger partial charge in [0.25, 0.3) is 0 Å². The number of aliphatic hydroxyl groups excluding tert-OH is 1. The fourth-order valence-corrected chi connectivity index (χ4v) is 3.42. The van der Waals surface area contributed by atoms with Crippen molar-refractivity contribution in [1.82, 2.24) is 14.8 Å². The number of hydrogen-bond acceptors (Lipinski definition) is 5. The fraction of sp³-hybridized carbons (Fsp3) is 0.400.